The first kappa shape index (κ1) is 13.8. The highest BCUT2D eigenvalue weighted by Crippen LogP contribution is 2.30. The lowest BCUT2D eigenvalue weighted by Gasteiger charge is -2.23. The van der Waals surface area contributed by atoms with Gasteiger partial charge in [-0.3, -0.25) is 4.79 Å². The summed E-state index contributed by atoms with van der Waals surface area (Å²) in [6.45, 7) is 3.51. The van der Waals surface area contributed by atoms with Crippen molar-refractivity contribution >= 4 is 11.7 Å². The number of carbonyl (C=O) groups is 1. The first-order chi connectivity index (χ1) is 9.15. The SMILES string of the molecule is CCCN(CC1CC1)C(=O)c1cc(F)cnc1NC. The molecule has 0 spiro atoms. The average Bonchev–Trinajstić information content (AvgIpc) is 3.21. The fourth-order valence-electron chi connectivity index (χ4n) is 2.13. The Morgan fingerprint density at radius 3 is 2.89 bits per heavy atom. The van der Waals surface area contributed by atoms with Gasteiger partial charge >= 0.3 is 0 Å². The minimum atomic E-state index is -0.481. The summed E-state index contributed by atoms with van der Waals surface area (Å²) in [7, 11) is 1.68. The summed E-state index contributed by atoms with van der Waals surface area (Å²) in [6, 6.07) is 1.26. The molecule has 1 aromatic heterocycles. The van der Waals surface area contributed by atoms with Gasteiger partial charge in [0.05, 0.1) is 11.8 Å². The number of carbonyl (C=O) groups excluding carboxylic acids is 1. The smallest absolute Gasteiger partial charge is 0.257 e. The largest absolute Gasteiger partial charge is 0.372 e. The first-order valence-corrected chi connectivity index (χ1v) is 6.78. The van der Waals surface area contributed by atoms with Crippen LogP contribution in [0.5, 0.6) is 0 Å². The van der Waals surface area contributed by atoms with Crippen molar-refractivity contribution in [2.45, 2.75) is 26.2 Å². The molecule has 1 aromatic rings. The van der Waals surface area contributed by atoms with Gasteiger partial charge in [-0.1, -0.05) is 6.92 Å². The summed E-state index contributed by atoms with van der Waals surface area (Å²) in [5.74, 6) is 0.439. The zero-order valence-corrected chi connectivity index (χ0v) is 11.4. The van der Waals surface area contributed by atoms with Crippen LogP contribution in [0, 0.1) is 11.7 Å². The first-order valence-electron chi connectivity index (χ1n) is 6.78. The monoisotopic (exact) mass is 265 g/mol. The summed E-state index contributed by atoms with van der Waals surface area (Å²) in [6.07, 6.45) is 4.39. The molecule has 1 aliphatic carbocycles. The quantitative estimate of drug-likeness (QED) is 0.859. The molecule has 2 rings (SSSR count). The highest BCUT2D eigenvalue weighted by atomic mass is 19.1. The molecule has 1 heterocycles. The third kappa shape index (κ3) is 3.43. The van der Waals surface area contributed by atoms with E-state index >= 15 is 0 Å². The molecular weight excluding hydrogens is 245 g/mol. The van der Waals surface area contributed by atoms with Gasteiger partial charge in [0.1, 0.15) is 11.6 Å². The lowest BCUT2D eigenvalue weighted by atomic mass is 10.2. The Bertz CT molecular complexity index is 460. The molecule has 1 saturated carbocycles. The van der Waals surface area contributed by atoms with Crippen molar-refractivity contribution in [1.29, 1.82) is 0 Å². The van der Waals surface area contributed by atoms with E-state index in [4.69, 9.17) is 0 Å². The molecule has 1 N–H and O–H groups in total. The van der Waals surface area contributed by atoms with Crippen LogP contribution in [0.1, 0.15) is 36.5 Å². The number of hydrogen-bond acceptors (Lipinski definition) is 3. The molecule has 1 aliphatic rings. The maximum absolute atomic E-state index is 13.3. The van der Waals surface area contributed by atoms with Crippen LogP contribution in [0.15, 0.2) is 12.3 Å². The highest BCUT2D eigenvalue weighted by Gasteiger charge is 2.28. The van der Waals surface area contributed by atoms with Crippen molar-refractivity contribution in [3.05, 3.63) is 23.6 Å². The number of amides is 1. The van der Waals surface area contributed by atoms with Crippen LogP contribution in [0.4, 0.5) is 10.2 Å². The molecule has 104 valence electrons. The fourth-order valence-corrected chi connectivity index (χ4v) is 2.13. The molecule has 0 radical (unpaired) electrons. The Morgan fingerprint density at radius 1 is 1.58 bits per heavy atom. The van der Waals surface area contributed by atoms with Gasteiger partial charge < -0.3 is 10.2 Å². The van der Waals surface area contributed by atoms with Crippen LogP contribution in [-0.2, 0) is 0 Å². The van der Waals surface area contributed by atoms with Crippen LogP contribution >= 0.6 is 0 Å². The molecule has 4 nitrogen and oxygen atoms in total. The van der Waals surface area contributed by atoms with E-state index in [1.807, 2.05) is 11.8 Å². The third-order valence-electron chi connectivity index (χ3n) is 3.28. The second-order valence-electron chi connectivity index (χ2n) is 4.99. The van der Waals surface area contributed by atoms with Crippen LogP contribution in [0.25, 0.3) is 0 Å². The van der Waals surface area contributed by atoms with Gasteiger partial charge in [-0.2, -0.15) is 0 Å². The molecule has 19 heavy (non-hydrogen) atoms. The molecule has 0 aromatic carbocycles. The molecule has 0 saturated heterocycles. The van der Waals surface area contributed by atoms with E-state index in [0.29, 0.717) is 23.8 Å². The summed E-state index contributed by atoms with van der Waals surface area (Å²) in [4.78, 5) is 18.2. The minimum absolute atomic E-state index is 0.134. The number of pyridine rings is 1. The zero-order chi connectivity index (χ0) is 13.8. The van der Waals surface area contributed by atoms with E-state index in [9.17, 15) is 9.18 Å². The van der Waals surface area contributed by atoms with Gasteiger partial charge in [0.2, 0.25) is 0 Å². The maximum atomic E-state index is 13.3. The third-order valence-corrected chi connectivity index (χ3v) is 3.28. The molecule has 0 aliphatic heterocycles. The highest BCUT2D eigenvalue weighted by molar-refractivity contribution is 5.98. The number of halogens is 1. The van der Waals surface area contributed by atoms with E-state index < -0.39 is 5.82 Å². The van der Waals surface area contributed by atoms with Crippen LogP contribution in [0.2, 0.25) is 0 Å². The Morgan fingerprint density at radius 2 is 2.32 bits per heavy atom. The molecule has 0 unspecified atom stereocenters. The van der Waals surface area contributed by atoms with E-state index in [0.717, 1.165) is 19.2 Å². The van der Waals surface area contributed by atoms with Crippen LogP contribution < -0.4 is 5.32 Å². The topological polar surface area (TPSA) is 45.2 Å². The lowest BCUT2D eigenvalue weighted by Crippen LogP contribution is -2.34. The average molecular weight is 265 g/mol. The number of rotatable bonds is 6. The standard InChI is InChI=1S/C14H20FN3O/c1-3-6-18(9-10-4-5-10)14(19)12-7-11(15)8-17-13(12)16-2/h7-8,10H,3-6,9H2,1-2H3,(H,16,17). The van der Waals surface area contributed by atoms with Crippen molar-refractivity contribution in [2.24, 2.45) is 5.92 Å². The summed E-state index contributed by atoms with van der Waals surface area (Å²) in [5.41, 5.74) is 0.316. The van der Waals surface area contributed by atoms with Crippen molar-refractivity contribution in [2.75, 3.05) is 25.5 Å². The summed E-state index contributed by atoms with van der Waals surface area (Å²) >= 11 is 0. The Kier molecular flexibility index (Phi) is 4.35. The van der Waals surface area contributed by atoms with Crippen LogP contribution in [-0.4, -0.2) is 35.9 Å². The second-order valence-corrected chi connectivity index (χ2v) is 4.99. The molecule has 1 amide bonds. The van der Waals surface area contributed by atoms with Gasteiger partial charge in [0.25, 0.3) is 5.91 Å². The van der Waals surface area contributed by atoms with E-state index in [1.54, 1.807) is 7.05 Å². The molecule has 0 atom stereocenters. The Hall–Kier alpha value is -1.65. The Labute approximate surface area is 113 Å². The number of hydrogen-bond donors (Lipinski definition) is 1. The van der Waals surface area contributed by atoms with Crippen molar-refractivity contribution < 1.29 is 9.18 Å². The fraction of sp³-hybridized carbons (Fsp3) is 0.571. The van der Waals surface area contributed by atoms with E-state index in [-0.39, 0.29) is 5.91 Å². The predicted octanol–water partition coefficient (Wildman–Crippen LogP) is 2.52. The van der Waals surface area contributed by atoms with Gasteiger partial charge in [-0.25, -0.2) is 9.37 Å². The summed E-state index contributed by atoms with van der Waals surface area (Å²) in [5, 5.41) is 2.84. The maximum Gasteiger partial charge on any atom is 0.257 e. The van der Waals surface area contributed by atoms with E-state index in [1.165, 1.54) is 18.9 Å². The second kappa shape index (κ2) is 5.99. The molecule has 5 heteroatoms. The van der Waals surface area contributed by atoms with Crippen molar-refractivity contribution in [3.8, 4) is 0 Å². The summed E-state index contributed by atoms with van der Waals surface area (Å²) < 4.78 is 13.3. The zero-order valence-electron chi connectivity index (χ0n) is 11.4. The number of aromatic nitrogens is 1. The normalized spacial score (nSPS) is 14.3. The number of nitrogens with zero attached hydrogens (tertiary/aromatic N) is 2. The van der Waals surface area contributed by atoms with Crippen LogP contribution in [0.3, 0.4) is 0 Å². The number of nitrogens with one attached hydrogen (secondary N) is 1. The number of anilines is 1. The molecule has 1 fully saturated rings. The van der Waals surface area contributed by atoms with E-state index in [2.05, 4.69) is 10.3 Å². The molecule has 0 bridgehead atoms. The van der Waals surface area contributed by atoms with Gasteiger partial charge in [-0.05, 0) is 31.2 Å². The molecular formula is C14H20FN3O. The van der Waals surface area contributed by atoms with Crippen molar-refractivity contribution in [1.82, 2.24) is 9.88 Å². The van der Waals surface area contributed by atoms with Gasteiger partial charge in [0, 0.05) is 20.1 Å². The lowest BCUT2D eigenvalue weighted by molar-refractivity contribution is 0.0748. The minimum Gasteiger partial charge on any atom is -0.372 e. The Balaban J connectivity index is 2.21. The van der Waals surface area contributed by atoms with Gasteiger partial charge in [0.15, 0.2) is 0 Å². The predicted molar refractivity (Wildman–Crippen MR) is 72.7 cm³/mol. The van der Waals surface area contributed by atoms with Crippen molar-refractivity contribution in [3.63, 3.8) is 0 Å². The van der Waals surface area contributed by atoms with Gasteiger partial charge in [-0.15, -0.1) is 0 Å².